The van der Waals surface area contributed by atoms with Crippen molar-refractivity contribution < 1.29 is 9.59 Å². The number of nitrogens with one attached hydrogen (secondary N) is 2. The van der Waals surface area contributed by atoms with Crippen molar-refractivity contribution in [1.29, 1.82) is 0 Å². The van der Waals surface area contributed by atoms with E-state index in [9.17, 15) is 9.59 Å². The van der Waals surface area contributed by atoms with E-state index in [1.165, 1.54) is 0 Å². The topological polar surface area (TPSA) is 78.1 Å². The fraction of sp³-hybridized carbons (Fsp3) is 0.438. The predicted molar refractivity (Wildman–Crippen MR) is 81.3 cm³/mol. The number of carbonyl (C=O) groups is 2. The summed E-state index contributed by atoms with van der Waals surface area (Å²) in [6.45, 7) is 0.126. The molecule has 1 aliphatic heterocycles. The van der Waals surface area contributed by atoms with Gasteiger partial charge in [-0.15, -0.1) is 0 Å². The zero-order chi connectivity index (χ0) is 15.1. The Kier molecular flexibility index (Phi) is 3.10. The Balaban J connectivity index is 1.70. The molecule has 1 aromatic carbocycles. The molecule has 0 spiro atoms. The molecule has 0 unspecified atom stereocenters. The van der Waals surface area contributed by atoms with Crippen LogP contribution in [-0.4, -0.2) is 45.5 Å². The number of aromatic amines is 1. The van der Waals surface area contributed by atoms with E-state index in [1.54, 1.807) is 4.90 Å². The van der Waals surface area contributed by atoms with Gasteiger partial charge in [-0.3, -0.25) is 14.7 Å². The van der Waals surface area contributed by atoms with E-state index in [0.717, 1.165) is 36.6 Å². The van der Waals surface area contributed by atoms with Crippen LogP contribution < -0.4 is 5.32 Å². The SMILES string of the molecule is O=C1CN(C(=O)c2n[nH]c3ccccc23)[C@@H]2CCCC[C@H]2N1. The second kappa shape index (κ2) is 5.12. The van der Waals surface area contributed by atoms with Crippen LogP contribution in [0.4, 0.5) is 0 Å². The second-order valence-corrected chi connectivity index (χ2v) is 6.08. The molecule has 2 aliphatic rings. The predicted octanol–water partition coefficient (Wildman–Crippen LogP) is 1.45. The van der Waals surface area contributed by atoms with Crippen molar-refractivity contribution in [2.75, 3.05) is 6.54 Å². The van der Waals surface area contributed by atoms with Gasteiger partial charge < -0.3 is 10.2 Å². The molecule has 2 aromatic rings. The van der Waals surface area contributed by atoms with Crippen LogP contribution in [0.15, 0.2) is 24.3 Å². The fourth-order valence-corrected chi connectivity index (χ4v) is 3.66. The number of hydrogen-bond donors (Lipinski definition) is 2. The van der Waals surface area contributed by atoms with Crippen LogP contribution in [-0.2, 0) is 4.79 Å². The summed E-state index contributed by atoms with van der Waals surface area (Å²) in [6.07, 6.45) is 4.09. The third-order valence-corrected chi connectivity index (χ3v) is 4.72. The summed E-state index contributed by atoms with van der Waals surface area (Å²) in [4.78, 5) is 26.6. The molecular weight excluding hydrogens is 280 g/mol. The van der Waals surface area contributed by atoms with Crippen LogP contribution in [0.1, 0.15) is 36.2 Å². The van der Waals surface area contributed by atoms with Crippen LogP contribution >= 0.6 is 0 Å². The van der Waals surface area contributed by atoms with Crippen LogP contribution in [0.25, 0.3) is 10.9 Å². The minimum atomic E-state index is -0.149. The van der Waals surface area contributed by atoms with Gasteiger partial charge in [0, 0.05) is 11.4 Å². The Bertz CT molecular complexity index is 739. The molecule has 2 heterocycles. The van der Waals surface area contributed by atoms with Gasteiger partial charge in [0.2, 0.25) is 5.91 Å². The molecule has 0 radical (unpaired) electrons. The third kappa shape index (κ3) is 2.06. The van der Waals surface area contributed by atoms with Gasteiger partial charge in [-0.1, -0.05) is 31.0 Å². The highest BCUT2D eigenvalue weighted by Crippen LogP contribution is 2.28. The molecule has 22 heavy (non-hydrogen) atoms. The Morgan fingerprint density at radius 1 is 1.23 bits per heavy atom. The molecule has 2 atom stereocenters. The largest absolute Gasteiger partial charge is 0.350 e. The average molecular weight is 298 g/mol. The highest BCUT2D eigenvalue weighted by atomic mass is 16.2. The lowest BCUT2D eigenvalue weighted by Gasteiger charge is -2.43. The molecule has 6 nitrogen and oxygen atoms in total. The number of benzene rings is 1. The highest BCUT2D eigenvalue weighted by Gasteiger charge is 2.39. The van der Waals surface area contributed by atoms with E-state index in [0.29, 0.717) is 5.69 Å². The van der Waals surface area contributed by atoms with E-state index < -0.39 is 0 Å². The minimum absolute atomic E-state index is 0.0728. The number of H-pyrrole nitrogens is 1. The zero-order valence-corrected chi connectivity index (χ0v) is 12.2. The Labute approximate surface area is 127 Å². The van der Waals surface area contributed by atoms with Crippen molar-refractivity contribution in [2.45, 2.75) is 37.8 Å². The van der Waals surface area contributed by atoms with Crippen molar-refractivity contribution in [3.8, 4) is 0 Å². The summed E-state index contributed by atoms with van der Waals surface area (Å²) in [7, 11) is 0. The van der Waals surface area contributed by atoms with Gasteiger partial charge in [0.15, 0.2) is 5.69 Å². The van der Waals surface area contributed by atoms with Gasteiger partial charge >= 0.3 is 0 Å². The molecule has 4 rings (SSSR count). The average Bonchev–Trinajstić information content (AvgIpc) is 2.97. The van der Waals surface area contributed by atoms with Gasteiger partial charge in [-0.05, 0) is 18.9 Å². The summed E-state index contributed by atoms with van der Waals surface area (Å²) in [5.74, 6) is -0.222. The molecule has 2 N–H and O–H groups in total. The maximum Gasteiger partial charge on any atom is 0.275 e. The van der Waals surface area contributed by atoms with E-state index >= 15 is 0 Å². The maximum atomic E-state index is 12.9. The van der Waals surface area contributed by atoms with E-state index in [1.807, 2.05) is 24.3 Å². The lowest BCUT2D eigenvalue weighted by molar-refractivity contribution is -0.127. The molecule has 2 amide bonds. The lowest BCUT2D eigenvalue weighted by Crippen LogP contribution is -2.62. The highest BCUT2D eigenvalue weighted by molar-refractivity contribution is 6.06. The Morgan fingerprint density at radius 2 is 2.05 bits per heavy atom. The summed E-state index contributed by atoms with van der Waals surface area (Å²) in [5.41, 5.74) is 1.25. The number of nitrogens with zero attached hydrogens (tertiary/aromatic N) is 2. The molecule has 2 fully saturated rings. The van der Waals surface area contributed by atoms with Gasteiger partial charge in [-0.25, -0.2) is 0 Å². The summed E-state index contributed by atoms with van der Waals surface area (Å²) < 4.78 is 0. The van der Waals surface area contributed by atoms with E-state index in [4.69, 9.17) is 0 Å². The van der Waals surface area contributed by atoms with Crippen molar-refractivity contribution in [2.24, 2.45) is 0 Å². The molecule has 1 aliphatic carbocycles. The van der Waals surface area contributed by atoms with Crippen LogP contribution in [0.2, 0.25) is 0 Å². The Hall–Kier alpha value is -2.37. The van der Waals surface area contributed by atoms with Gasteiger partial charge in [0.05, 0.1) is 11.6 Å². The minimum Gasteiger partial charge on any atom is -0.350 e. The molecule has 114 valence electrons. The molecule has 1 aromatic heterocycles. The molecule has 6 heteroatoms. The van der Waals surface area contributed by atoms with Gasteiger partial charge in [0.25, 0.3) is 5.91 Å². The number of amides is 2. The quantitative estimate of drug-likeness (QED) is 0.836. The number of hydrogen-bond acceptors (Lipinski definition) is 3. The lowest BCUT2D eigenvalue weighted by atomic mass is 9.87. The maximum absolute atomic E-state index is 12.9. The molecule has 1 saturated carbocycles. The van der Waals surface area contributed by atoms with Crippen molar-refractivity contribution in [3.05, 3.63) is 30.0 Å². The van der Waals surface area contributed by atoms with Crippen LogP contribution in [0, 0.1) is 0 Å². The van der Waals surface area contributed by atoms with E-state index in [-0.39, 0.29) is 30.4 Å². The molecular formula is C16H18N4O2. The van der Waals surface area contributed by atoms with Crippen molar-refractivity contribution in [3.63, 3.8) is 0 Å². The number of fused-ring (bicyclic) bond motifs is 2. The third-order valence-electron chi connectivity index (χ3n) is 4.72. The fourth-order valence-electron chi connectivity index (χ4n) is 3.66. The van der Waals surface area contributed by atoms with Crippen molar-refractivity contribution >= 4 is 22.7 Å². The number of carbonyl (C=O) groups excluding carboxylic acids is 2. The number of rotatable bonds is 1. The van der Waals surface area contributed by atoms with Crippen molar-refractivity contribution in [1.82, 2.24) is 20.4 Å². The van der Waals surface area contributed by atoms with Crippen LogP contribution in [0.3, 0.4) is 0 Å². The normalized spacial score (nSPS) is 24.9. The smallest absolute Gasteiger partial charge is 0.275 e. The van der Waals surface area contributed by atoms with Gasteiger partial charge in [0.1, 0.15) is 6.54 Å². The number of piperazine rings is 1. The monoisotopic (exact) mass is 298 g/mol. The first-order chi connectivity index (χ1) is 10.7. The summed E-state index contributed by atoms with van der Waals surface area (Å²) >= 11 is 0. The van der Waals surface area contributed by atoms with E-state index in [2.05, 4.69) is 15.5 Å². The summed E-state index contributed by atoms with van der Waals surface area (Å²) in [5, 5.41) is 10.9. The summed E-state index contributed by atoms with van der Waals surface area (Å²) in [6, 6.07) is 7.75. The zero-order valence-electron chi connectivity index (χ0n) is 12.2. The first-order valence-corrected chi connectivity index (χ1v) is 7.77. The first kappa shape index (κ1) is 13.3. The van der Waals surface area contributed by atoms with Crippen LogP contribution in [0.5, 0.6) is 0 Å². The van der Waals surface area contributed by atoms with Gasteiger partial charge in [-0.2, -0.15) is 5.10 Å². The Morgan fingerprint density at radius 3 is 2.95 bits per heavy atom. The second-order valence-electron chi connectivity index (χ2n) is 6.08. The first-order valence-electron chi connectivity index (χ1n) is 7.77. The molecule has 1 saturated heterocycles. The molecule has 0 bridgehead atoms. The number of aromatic nitrogens is 2. The number of para-hydroxylation sites is 1. The standard InChI is InChI=1S/C16H18N4O2/c21-14-9-20(13-8-4-3-7-12(13)17-14)16(22)15-10-5-1-2-6-11(10)18-19-15/h1-2,5-6,12-13H,3-4,7-9H2,(H,17,21)(H,18,19)/t12-,13-/m1/s1.